The number of hydrogen-bond donors (Lipinski definition) is 3. The van der Waals surface area contributed by atoms with Crippen LogP contribution in [0.3, 0.4) is 0 Å². The summed E-state index contributed by atoms with van der Waals surface area (Å²) in [4.78, 5) is 14.7. The van der Waals surface area contributed by atoms with E-state index in [-0.39, 0.29) is 5.92 Å². The average Bonchev–Trinajstić information content (AvgIpc) is 3.17. The van der Waals surface area contributed by atoms with Crippen molar-refractivity contribution in [2.45, 2.75) is 70.3 Å². The number of nitrogens with one attached hydrogen (secondary N) is 2. The maximum Gasteiger partial charge on any atom is 0.225 e. The maximum atomic E-state index is 10.9. The molecule has 0 amide bonds. The van der Waals surface area contributed by atoms with Gasteiger partial charge in [0.05, 0.1) is 27.6 Å². The molecule has 7 rings (SSSR count). The number of thiazole rings is 1. The van der Waals surface area contributed by atoms with Crippen molar-refractivity contribution in [1.82, 2.24) is 15.0 Å². The van der Waals surface area contributed by atoms with E-state index in [4.69, 9.17) is 24.4 Å². The summed E-state index contributed by atoms with van der Waals surface area (Å²) in [6, 6.07) is 16.5. The minimum absolute atomic E-state index is 0.0459. The monoisotopic (exact) mass is 529 g/mol. The molecule has 1 spiro atoms. The van der Waals surface area contributed by atoms with Crippen LogP contribution in [0.15, 0.2) is 48.5 Å². The van der Waals surface area contributed by atoms with Crippen molar-refractivity contribution >= 4 is 33.3 Å². The molecule has 0 bridgehead atoms. The minimum Gasteiger partial charge on any atom is -0.389 e. The highest BCUT2D eigenvalue weighted by Crippen LogP contribution is 2.70. The van der Waals surface area contributed by atoms with Gasteiger partial charge in [-0.2, -0.15) is 4.98 Å². The Labute approximate surface area is 225 Å². The summed E-state index contributed by atoms with van der Waals surface area (Å²) in [5, 5.41) is 18.8. The third-order valence-electron chi connectivity index (χ3n) is 7.99. The van der Waals surface area contributed by atoms with Crippen LogP contribution in [-0.2, 0) is 16.0 Å². The Morgan fingerprint density at radius 2 is 1.89 bits per heavy atom. The van der Waals surface area contributed by atoms with Crippen LogP contribution in [0.5, 0.6) is 0 Å². The van der Waals surface area contributed by atoms with Crippen LogP contribution in [0.25, 0.3) is 20.8 Å². The van der Waals surface area contributed by atoms with Crippen LogP contribution in [-0.4, -0.2) is 43.3 Å². The number of nitrogens with zero attached hydrogens (tertiary/aromatic N) is 3. The molecule has 2 saturated carbocycles. The van der Waals surface area contributed by atoms with Gasteiger partial charge >= 0.3 is 0 Å². The van der Waals surface area contributed by atoms with E-state index in [0.29, 0.717) is 24.7 Å². The summed E-state index contributed by atoms with van der Waals surface area (Å²) in [5.41, 5.74) is 3.28. The fourth-order valence-electron chi connectivity index (χ4n) is 6.43. The first-order chi connectivity index (χ1) is 18.2. The van der Waals surface area contributed by atoms with Gasteiger partial charge in [0.1, 0.15) is 10.8 Å². The molecule has 3 fully saturated rings. The second kappa shape index (κ2) is 8.19. The zero-order chi connectivity index (χ0) is 26.3. The molecule has 4 atom stereocenters. The maximum absolute atomic E-state index is 10.9. The molecule has 196 valence electrons. The van der Waals surface area contributed by atoms with Crippen LogP contribution in [0.1, 0.15) is 43.5 Å². The van der Waals surface area contributed by atoms with Crippen molar-refractivity contribution in [3.63, 3.8) is 0 Å². The highest BCUT2D eigenvalue weighted by molar-refractivity contribution is 7.21. The molecule has 0 radical (unpaired) electrons. The second-order valence-corrected chi connectivity index (χ2v) is 12.2. The van der Waals surface area contributed by atoms with Crippen molar-refractivity contribution in [2.75, 3.05) is 10.6 Å². The fraction of sp³-hybridized carbons (Fsp3) is 0.414. The van der Waals surface area contributed by atoms with Crippen LogP contribution in [0.2, 0.25) is 0 Å². The number of aryl methyl sites for hydroxylation is 2. The Balaban J connectivity index is 1.31. The van der Waals surface area contributed by atoms with E-state index < -0.39 is 23.2 Å². The van der Waals surface area contributed by atoms with E-state index in [0.717, 1.165) is 38.5 Å². The Morgan fingerprint density at radius 1 is 1.05 bits per heavy atom. The molecule has 9 heteroatoms. The van der Waals surface area contributed by atoms with Gasteiger partial charge in [-0.05, 0) is 58.2 Å². The Bertz CT molecular complexity index is 1540. The molecule has 1 aliphatic heterocycles. The summed E-state index contributed by atoms with van der Waals surface area (Å²) >= 11 is 1.61. The van der Waals surface area contributed by atoms with Crippen LogP contribution in [0, 0.1) is 19.8 Å². The summed E-state index contributed by atoms with van der Waals surface area (Å²) in [5.74, 6) is 0.368. The summed E-state index contributed by atoms with van der Waals surface area (Å²) in [7, 11) is 0. The van der Waals surface area contributed by atoms with Gasteiger partial charge in [0, 0.05) is 12.5 Å². The molecule has 1 saturated heterocycles. The second-order valence-electron chi connectivity index (χ2n) is 11.1. The van der Waals surface area contributed by atoms with Gasteiger partial charge in [0.2, 0.25) is 5.95 Å². The molecule has 2 aliphatic carbocycles. The van der Waals surface area contributed by atoms with Gasteiger partial charge in [0.15, 0.2) is 17.1 Å². The predicted octanol–water partition coefficient (Wildman–Crippen LogP) is 5.40. The summed E-state index contributed by atoms with van der Waals surface area (Å²) < 4.78 is 14.0. The predicted molar refractivity (Wildman–Crippen MR) is 148 cm³/mol. The summed E-state index contributed by atoms with van der Waals surface area (Å²) in [6.07, 6.45) is 0.966. The third-order valence-corrected chi connectivity index (χ3v) is 9.04. The van der Waals surface area contributed by atoms with Crippen LogP contribution in [0.4, 0.5) is 11.8 Å². The molecule has 2 aromatic carbocycles. The van der Waals surface area contributed by atoms with Crippen molar-refractivity contribution in [2.24, 2.45) is 5.92 Å². The standard InChI is InChI=1S/C29H31N5O3S/c1-16-8-7-9-18(14-16)15-30-26-31-17(2)22(25-32-20-10-5-6-11-21(20)38-25)24(33-26)34-28-13-12-19-23(35)29(19,28)37-27(3,4)36-28/h5-11,14,19,23,35H,12-13,15H2,1-4H3,(H2,30,31,33,34). The average molecular weight is 530 g/mol. The SMILES string of the molecule is Cc1cccc(CNc2nc(C)c(-c3nc4ccccc4s3)c(NC34CCC5C(O)C53OC(C)(C)O4)n2)c1. The molecule has 38 heavy (non-hydrogen) atoms. The molecule has 4 unspecified atom stereocenters. The molecule has 2 aromatic heterocycles. The van der Waals surface area contributed by atoms with E-state index in [1.165, 1.54) is 5.56 Å². The molecule has 8 nitrogen and oxygen atoms in total. The van der Waals surface area contributed by atoms with E-state index in [1.807, 2.05) is 39.0 Å². The Hall–Kier alpha value is -3.11. The molecule has 4 aromatic rings. The number of hydrogen-bond acceptors (Lipinski definition) is 9. The highest BCUT2D eigenvalue weighted by Gasteiger charge is 2.85. The molecule has 3 heterocycles. The molecule has 3 N–H and O–H groups in total. The first-order valence-corrected chi connectivity index (χ1v) is 13.9. The number of benzene rings is 2. The number of fused-ring (bicyclic) bond motifs is 1. The number of aliphatic hydroxyl groups is 1. The van der Waals surface area contributed by atoms with Crippen LogP contribution >= 0.6 is 11.3 Å². The lowest BCUT2D eigenvalue weighted by Crippen LogP contribution is -2.50. The molecular formula is C29H31N5O3S. The van der Waals surface area contributed by atoms with Crippen LogP contribution < -0.4 is 10.6 Å². The van der Waals surface area contributed by atoms with Crippen molar-refractivity contribution in [3.8, 4) is 10.6 Å². The molecular weight excluding hydrogens is 498 g/mol. The van der Waals surface area contributed by atoms with Crippen molar-refractivity contribution < 1.29 is 14.6 Å². The van der Waals surface area contributed by atoms with Crippen molar-refractivity contribution in [3.05, 3.63) is 65.4 Å². The number of anilines is 2. The number of aliphatic hydroxyl groups excluding tert-OH is 1. The number of rotatable bonds is 6. The van der Waals surface area contributed by atoms with Gasteiger partial charge in [-0.1, -0.05) is 42.0 Å². The third kappa shape index (κ3) is 3.56. The van der Waals surface area contributed by atoms with Gasteiger partial charge in [-0.25, -0.2) is 9.97 Å². The van der Waals surface area contributed by atoms with E-state index in [1.54, 1.807) is 11.3 Å². The lowest BCUT2D eigenvalue weighted by Gasteiger charge is -2.33. The first-order valence-electron chi connectivity index (χ1n) is 13.1. The number of aromatic nitrogens is 3. The quantitative estimate of drug-likeness (QED) is 0.305. The van der Waals surface area contributed by atoms with Gasteiger partial charge in [-0.3, -0.25) is 0 Å². The van der Waals surface area contributed by atoms with Gasteiger partial charge in [-0.15, -0.1) is 11.3 Å². The molecule has 3 aliphatic rings. The zero-order valence-corrected chi connectivity index (χ0v) is 22.7. The van der Waals surface area contributed by atoms with Crippen molar-refractivity contribution in [1.29, 1.82) is 0 Å². The van der Waals surface area contributed by atoms with Gasteiger partial charge in [0.25, 0.3) is 0 Å². The summed E-state index contributed by atoms with van der Waals surface area (Å²) in [6.45, 7) is 8.48. The number of ether oxygens (including phenoxy) is 2. The number of para-hydroxylation sites is 1. The Morgan fingerprint density at radius 3 is 2.68 bits per heavy atom. The largest absolute Gasteiger partial charge is 0.389 e. The lowest BCUT2D eigenvalue weighted by molar-refractivity contribution is -0.166. The van der Waals surface area contributed by atoms with Gasteiger partial charge < -0.3 is 25.2 Å². The van der Waals surface area contributed by atoms with E-state index in [2.05, 4.69) is 47.9 Å². The smallest absolute Gasteiger partial charge is 0.225 e. The minimum atomic E-state index is -0.888. The topological polar surface area (TPSA) is 101 Å². The fourth-order valence-corrected chi connectivity index (χ4v) is 7.50. The highest BCUT2D eigenvalue weighted by atomic mass is 32.1. The Kier molecular flexibility index (Phi) is 5.17. The normalized spacial score (nSPS) is 28.8. The lowest BCUT2D eigenvalue weighted by atomic mass is 10.0. The van der Waals surface area contributed by atoms with E-state index >= 15 is 0 Å². The van der Waals surface area contributed by atoms with E-state index in [9.17, 15) is 5.11 Å². The first kappa shape index (κ1) is 24.0. The zero-order valence-electron chi connectivity index (χ0n) is 21.9.